The molecular weight excluding hydrogens is 168 g/mol. The molecule has 0 aromatic heterocycles. The van der Waals surface area contributed by atoms with Gasteiger partial charge in [0.05, 0.1) is 0 Å². The number of thioether (sulfide) groups is 1. The fourth-order valence-corrected chi connectivity index (χ4v) is 1.96. The van der Waals surface area contributed by atoms with Crippen LogP contribution in [0.25, 0.3) is 0 Å². The van der Waals surface area contributed by atoms with E-state index < -0.39 is 0 Å². The third-order valence-electron chi connectivity index (χ3n) is 2.11. The maximum Gasteiger partial charge on any atom is 0.151 e. The Balaban J connectivity index is 2.20. The first-order chi connectivity index (χ1) is 5.79. The topological polar surface area (TPSA) is 49.9 Å². The molecule has 3 heteroatoms. The predicted octanol–water partition coefficient (Wildman–Crippen LogP) is 2.50. The largest absolute Gasteiger partial charge is 0.379 e. The quantitative estimate of drug-likeness (QED) is 0.393. The summed E-state index contributed by atoms with van der Waals surface area (Å²) < 4.78 is 0. The summed E-state index contributed by atoms with van der Waals surface area (Å²) in [6.45, 7) is 0. The van der Waals surface area contributed by atoms with Crippen LogP contribution < -0.4 is 5.73 Å². The summed E-state index contributed by atoms with van der Waals surface area (Å²) in [5.41, 5.74) is 6.79. The summed E-state index contributed by atoms with van der Waals surface area (Å²) in [7, 11) is 0. The Morgan fingerprint density at radius 3 is 2.67 bits per heavy atom. The van der Waals surface area contributed by atoms with Crippen LogP contribution in [0.2, 0.25) is 0 Å². The van der Waals surface area contributed by atoms with E-state index >= 15 is 0 Å². The van der Waals surface area contributed by atoms with Gasteiger partial charge in [0.1, 0.15) is 0 Å². The second-order valence-electron chi connectivity index (χ2n) is 3.10. The van der Waals surface area contributed by atoms with Gasteiger partial charge < -0.3 is 5.73 Å². The fourth-order valence-electron chi connectivity index (χ4n) is 1.46. The minimum absolute atomic E-state index is 0.225. The summed E-state index contributed by atoms with van der Waals surface area (Å²) in [4.78, 5) is 0. The van der Waals surface area contributed by atoms with E-state index in [4.69, 9.17) is 11.1 Å². The molecule has 0 bridgehead atoms. The van der Waals surface area contributed by atoms with Crippen LogP contribution in [0.15, 0.2) is 11.6 Å². The molecule has 0 aromatic rings. The normalized spacial score (nSPS) is 17.5. The highest BCUT2D eigenvalue weighted by atomic mass is 32.2. The molecule has 1 aliphatic rings. The van der Waals surface area contributed by atoms with Gasteiger partial charge in [-0.1, -0.05) is 29.8 Å². The standard InChI is InChI=1S/C9H16N2S/c10-9(11)12-7-6-8-4-2-1-3-5-8/h6H,1-5,7H2,(H3,10,11). The third kappa shape index (κ3) is 3.81. The highest BCUT2D eigenvalue weighted by molar-refractivity contribution is 8.13. The second-order valence-corrected chi connectivity index (χ2v) is 4.16. The van der Waals surface area contributed by atoms with Crippen molar-refractivity contribution in [3.63, 3.8) is 0 Å². The van der Waals surface area contributed by atoms with Crippen LogP contribution in [-0.4, -0.2) is 10.9 Å². The first kappa shape index (κ1) is 9.65. The highest BCUT2D eigenvalue weighted by Crippen LogP contribution is 2.22. The van der Waals surface area contributed by atoms with Crippen molar-refractivity contribution in [3.05, 3.63) is 11.6 Å². The van der Waals surface area contributed by atoms with Crippen LogP contribution in [0.4, 0.5) is 0 Å². The molecule has 1 aliphatic carbocycles. The van der Waals surface area contributed by atoms with E-state index in [1.54, 1.807) is 5.57 Å². The lowest BCUT2D eigenvalue weighted by molar-refractivity contribution is 0.598. The van der Waals surface area contributed by atoms with Crippen molar-refractivity contribution in [2.45, 2.75) is 32.1 Å². The van der Waals surface area contributed by atoms with Crippen LogP contribution in [-0.2, 0) is 0 Å². The molecule has 0 spiro atoms. The number of rotatable bonds is 2. The molecule has 0 amide bonds. The van der Waals surface area contributed by atoms with Gasteiger partial charge in [-0.2, -0.15) is 0 Å². The molecule has 12 heavy (non-hydrogen) atoms. The van der Waals surface area contributed by atoms with Crippen LogP contribution in [0.1, 0.15) is 32.1 Å². The molecule has 0 aromatic carbocycles. The minimum atomic E-state index is 0.225. The Bertz CT molecular complexity index is 179. The molecule has 68 valence electrons. The summed E-state index contributed by atoms with van der Waals surface area (Å²) >= 11 is 1.41. The number of hydrogen-bond acceptors (Lipinski definition) is 2. The maximum absolute atomic E-state index is 7.02. The van der Waals surface area contributed by atoms with E-state index in [2.05, 4.69) is 6.08 Å². The smallest absolute Gasteiger partial charge is 0.151 e. The third-order valence-corrected chi connectivity index (χ3v) is 2.75. The first-order valence-corrected chi connectivity index (χ1v) is 5.42. The Hall–Kier alpha value is -0.440. The van der Waals surface area contributed by atoms with Crippen LogP contribution >= 0.6 is 11.8 Å². The molecule has 0 radical (unpaired) electrons. The van der Waals surface area contributed by atoms with Crippen molar-refractivity contribution >= 4 is 16.9 Å². The van der Waals surface area contributed by atoms with E-state index in [0.717, 1.165) is 5.75 Å². The van der Waals surface area contributed by atoms with Gasteiger partial charge in [0.15, 0.2) is 5.17 Å². The van der Waals surface area contributed by atoms with E-state index in [0.29, 0.717) is 0 Å². The highest BCUT2D eigenvalue weighted by Gasteiger charge is 2.03. The van der Waals surface area contributed by atoms with E-state index in [9.17, 15) is 0 Å². The molecule has 1 fully saturated rings. The number of nitrogens with two attached hydrogens (primary N) is 1. The van der Waals surface area contributed by atoms with Gasteiger partial charge in [-0.3, -0.25) is 5.41 Å². The minimum Gasteiger partial charge on any atom is -0.379 e. The number of hydrogen-bond donors (Lipinski definition) is 2. The molecule has 1 saturated carbocycles. The molecule has 2 nitrogen and oxygen atoms in total. The van der Waals surface area contributed by atoms with E-state index in [1.165, 1.54) is 43.9 Å². The second kappa shape index (κ2) is 5.25. The number of allylic oxidation sites excluding steroid dienone is 1. The van der Waals surface area contributed by atoms with Gasteiger partial charge in [0, 0.05) is 5.75 Å². The Morgan fingerprint density at radius 1 is 1.42 bits per heavy atom. The van der Waals surface area contributed by atoms with Crippen molar-refractivity contribution < 1.29 is 0 Å². The summed E-state index contributed by atoms with van der Waals surface area (Å²) in [5.74, 6) is 0.880. The molecule has 0 unspecified atom stereocenters. The van der Waals surface area contributed by atoms with Gasteiger partial charge in [0.25, 0.3) is 0 Å². The molecular formula is C9H16N2S. The maximum atomic E-state index is 7.02. The van der Waals surface area contributed by atoms with Crippen LogP contribution in [0, 0.1) is 5.41 Å². The molecule has 1 rings (SSSR count). The summed E-state index contributed by atoms with van der Waals surface area (Å²) in [6.07, 6.45) is 8.84. The first-order valence-electron chi connectivity index (χ1n) is 4.44. The molecule has 0 heterocycles. The zero-order chi connectivity index (χ0) is 8.81. The van der Waals surface area contributed by atoms with Crippen molar-refractivity contribution in [2.75, 3.05) is 5.75 Å². The average molecular weight is 184 g/mol. The molecule has 0 atom stereocenters. The van der Waals surface area contributed by atoms with Crippen molar-refractivity contribution in [3.8, 4) is 0 Å². The summed E-state index contributed by atoms with van der Waals surface area (Å²) in [6, 6.07) is 0. The average Bonchev–Trinajstić information content (AvgIpc) is 2.05. The lowest BCUT2D eigenvalue weighted by Crippen LogP contribution is -2.04. The lowest BCUT2D eigenvalue weighted by Gasteiger charge is -2.12. The predicted molar refractivity (Wildman–Crippen MR) is 55.5 cm³/mol. The zero-order valence-electron chi connectivity index (χ0n) is 7.31. The SMILES string of the molecule is N=C(N)SCC=C1CCCCC1. The lowest BCUT2D eigenvalue weighted by atomic mass is 9.95. The molecule has 0 aliphatic heterocycles. The Labute approximate surface area is 78.1 Å². The molecule has 3 N–H and O–H groups in total. The number of amidine groups is 1. The van der Waals surface area contributed by atoms with Gasteiger partial charge in [-0.25, -0.2) is 0 Å². The molecule has 0 saturated heterocycles. The number of nitrogens with one attached hydrogen (secondary N) is 1. The Kier molecular flexibility index (Phi) is 4.22. The van der Waals surface area contributed by atoms with Crippen LogP contribution in [0.5, 0.6) is 0 Å². The van der Waals surface area contributed by atoms with Gasteiger partial charge >= 0.3 is 0 Å². The van der Waals surface area contributed by atoms with Gasteiger partial charge in [-0.15, -0.1) is 0 Å². The van der Waals surface area contributed by atoms with Gasteiger partial charge in [0.2, 0.25) is 0 Å². The van der Waals surface area contributed by atoms with Crippen LogP contribution in [0.3, 0.4) is 0 Å². The van der Waals surface area contributed by atoms with Crippen molar-refractivity contribution in [1.29, 1.82) is 5.41 Å². The zero-order valence-corrected chi connectivity index (χ0v) is 8.12. The van der Waals surface area contributed by atoms with E-state index in [-0.39, 0.29) is 5.17 Å². The van der Waals surface area contributed by atoms with E-state index in [1.807, 2.05) is 0 Å². The van der Waals surface area contributed by atoms with Crippen molar-refractivity contribution in [1.82, 2.24) is 0 Å². The monoisotopic (exact) mass is 184 g/mol. The van der Waals surface area contributed by atoms with Gasteiger partial charge in [-0.05, 0) is 25.7 Å². The fraction of sp³-hybridized carbons (Fsp3) is 0.667. The Morgan fingerprint density at radius 2 is 2.08 bits per heavy atom. The summed E-state index contributed by atoms with van der Waals surface area (Å²) in [5, 5.41) is 7.25. The van der Waals surface area contributed by atoms with Crippen molar-refractivity contribution in [2.24, 2.45) is 5.73 Å².